The molecule has 2 amide bonds. The summed E-state index contributed by atoms with van der Waals surface area (Å²) in [6.45, 7) is 5.59. The molecular weight excluding hydrogens is 384 g/mol. The molecule has 0 bridgehead atoms. The number of aromatic nitrogens is 2. The Bertz CT molecular complexity index is 986. The summed E-state index contributed by atoms with van der Waals surface area (Å²) in [5.41, 5.74) is 2.74. The van der Waals surface area contributed by atoms with Crippen LogP contribution in [-0.4, -0.2) is 53.5 Å². The average molecular weight is 408 g/mol. The number of hydrogen-bond donors (Lipinski definition) is 1. The highest BCUT2D eigenvalue weighted by Crippen LogP contribution is 2.29. The van der Waals surface area contributed by atoms with Gasteiger partial charge in [-0.05, 0) is 43.7 Å². The largest absolute Gasteiger partial charge is 0.490 e. The van der Waals surface area contributed by atoms with E-state index in [2.05, 4.69) is 15.5 Å². The minimum absolute atomic E-state index is 0.192. The Morgan fingerprint density at radius 2 is 2.13 bits per heavy atom. The predicted octanol–water partition coefficient (Wildman–Crippen LogP) is 3.67. The highest BCUT2D eigenvalue weighted by atomic mass is 16.5. The summed E-state index contributed by atoms with van der Waals surface area (Å²) in [4.78, 5) is 18.8. The molecule has 1 saturated heterocycles. The maximum Gasteiger partial charge on any atom is 0.323 e. The molecule has 0 radical (unpaired) electrons. The molecule has 1 aromatic carbocycles. The Morgan fingerprint density at radius 1 is 1.27 bits per heavy atom. The van der Waals surface area contributed by atoms with E-state index < -0.39 is 0 Å². The fourth-order valence-electron chi connectivity index (χ4n) is 3.43. The van der Waals surface area contributed by atoms with Gasteiger partial charge in [0.05, 0.1) is 24.9 Å². The number of para-hydroxylation sites is 1. The summed E-state index contributed by atoms with van der Waals surface area (Å²) in [6, 6.07) is 13.0. The lowest BCUT2D eigenvalue weighted by atomic mass is 10.1. The van der Waals surface area contributed by atoms with Crippen LogP contribution in [0.5, 0.6) is 5.75 Å². The number of nitrogens with one attached hydrogen (secondary N) is 1. The molecule has 30 heavy (non-hydrogen) atoms. The van der Waals surface area contributed by atoms with Gasteiger partial charge in [0, 0.05) is 18.3 Å². The molecule has 156 valence electrons. The minimum Gasteiger partial charge on any atom is -0.490 e. The van der Waals surface area contributed by atoms with Gasteiger partial charge in [0.2, 0.25) is 0 Å². The van der Waals surface area contributed by atoms with E-state index in [4.69, 9.17) is 14.0 Å². The van der Waals surface area contributed by atoms with E-state index in [1.165, 1.54) is 0 Å². The first-order chi connectivity index (χ1) is 14.6. The van der Waals surface area contributed by atoms with E-state index >= 15 is 0 Å². The molecule has 2 aromatic heterocycles. The zero-order valence-corrected chi connectivity index (χ0v) is 17.0. The van der Waals surface area contributed by atoms with E-state index in [1.54, 1.807) is 17.2 Å². The number of benzene rings is 1. The van der Waals surface area contributed by atoms with Crippen molar-refractivity contribution in [3.63, 3.8) is 0 Å². The second-order valence-electron chi connectivity index (χ2n) is 7.22. The van der Waals surface area contributed by atoms with E-state index in [9.17, 15) is 4.79 Å². The first-order valence-electron chi connectivity index (χ1n) is 9.84. The molecular formula is C22H24N4O4. The monoisotopic (exact) mass is 408 g/mol. The van der Waals surface area contributed by atoms with Gasteiger partial charge in [-0.25, -0.2) is 9.78 Å². The van der Waals surface area contributed by atoms with Gasteiger partial charge in [-0.3, -0.25) is 5.32 Å². The van der Waals surface area contributed by atoms with Crippen LogP contribution in [0, 0.1) is 13.8 Å². The molecule has 3 heterocycles. The molecule has 1 N–H and O–H groups in total. The Labute approximate surface area is 174 Å². The first-order valence-corrected chi connectivity index (χ1v) is 9.84. The van der Waals surface area contributed by atoms with Crippen molar-refractivity contribution in [2.24, 2.45) is 0 Å². The van der Waals surface area contributed by atoms with E-state index in [1.807, 2.05) is 50.2 Å². The molecule has 0 saturated carbocycles. The SMILES string of the molecule is Cc1cc(C)nc(NC(=O)N2CCOC(COc3ccccc3-c3ccno3)C2)c1. The van der Waals surface area contributed by atoms with Crippen molar-refractivity contribution in [3.05, 3.63) is 59.9 Å². The van der Waals surface area contributed by atoms with Gasteiger partial charge < -0.3 is 18.9 Å². The number of pyridine rings is 1. The Kier molecular flexibility index (Phi) is 5.94. The van der Waals surface area contributed by atoms with Crippen LogP contribution in [0.15, 0.2) is 53.2 Å². The number of hydrogen-bond acceptors (Lipinski definition) is 6. The fourth-order valence-corrected chi connectivity index (χ4v) is 3.43. The molecule has 3 aromatic rings. The third-order valence-corrected chi connectivity index (χ3v) is 4.77. The minimum atomic E-state index is -0.237. The van der Waals surface area contributed by atoms with Gasteiger partial charge in [-0.15, -0.1) is 0 Å². The maximum atomic E-state index is 12.7. The van der Waals surface area contributed by atoms with Crippen LogP contribution in [0.25, 0.3) is 11.3 Å². The third kappa shape index (κ3) is 4.77. The van der Waals surface area contributed by atoms with Crippen molar-refractivity contribution in [2.45, 2.75) is 20.0 Å². The molecule has 8 nitrogen and oxygen atoms in total. The van der Waals surface area contributed by atoms with Crippen LogP contribution in [0.3, 0.4) is 0 Å². The highest BCUT2D eigenvalue weighted by Gasteiger charge is 2.25. The lowest BCUT2D eigenvalue weighted by molar-refractivity contribution is -0.0336. The normalized spacial score (nSPS) is 16.3. The van der Waals surface area contributed by atoms with Crippen LogP contribution >= 0.6 is 0 Å². The van der Waals surface area contributed by atoms with E-state index in [0.29, 0.717) is 43.6 Å². The molecule has 1 aliphatic rings. The second kappa shape index (κ2) is 8.96. The predicted molar refractivity (Wildman–Crippen MR) is 111 cm³/mol. The summed E-state index contributed by atoms with van der Waals surface area (Å²) in [6.07, 6.45) is 1.36. The Morgan fingerprint density at radius 3 is 2.93 bits per heavy atom. The summed E-state index contributed by atoms with van der Waals surface area (Å²) in [5.74, 6) is 1.87. The topological polar surface area (TPSA) is 89.7 Å². The van der Waals surface area contributed by atoms with Gasteiger partial charge in [-0.2, -0.15) is 0 Å². The van der Waals surface area contributed by atoms with Crippen LogP contribution < -0.4 is 10.1 Å². The lowest BCUT2D eigenvalue weighted by Gasteiger charge is -2.32. The van der Waals surface area contributed by atoms with Gasteiger partial charge >= 0.3 is 6.03 Å². The number of rotatable bonds is 5. The van der Waals surface area contributed by atoms with Crippen LogP contribution in [0.1, 0.15) is 11.3 Å². The molecule has 1 unspecified atom stereocenters. The molecule has 1 fully saturated rings. The number of morpholine rings is 1. The number of nitrogens with zero attached hydrogens (tertiary/aromatic N) is 3. The van der Waals surface area contributed by atoms with Crippen molar-refractivity contribution < 1.29 is 18.8 Å². The number of carbonyl (C=O) groups excluding carboxylic acids is 1. The van der Waals surface area contributed by atoms with Crippen LogP contribution in [0.4, 0.5) is 10.6 Å². The molecule has 1 aliphatic heterocycles. The number of carbonyl (C=O) groups is 1. The van der Waals surface area contributed by atoms with Crippen molar-refractivity contribution in [1.29, 1.82) is 0 Å². The summed E-state index contributed by atoms with van der Waals surface area (Å²) >= 11 is 0. The summed E-state index contributed by atoms with van der Waals surface area (Å²) in [7, 11) is 0. The lowest BCUT2D eigenvalue weighted by Crippen LogP contribution is -2.49. The molecule has 8 heteroatoms. The van der Waals surface area contributed by atoms with E-state index in [0.717, 1.165) is 16.8 Å². The van der Waals surface area contributed by atoms with Gasteiger partial charge in [0.1, 0.15) is 24.3 Å². The van der Waals surface area contributed by atoms with Crippen molar-refractivity contribution >= 4 is 11.8 Å². The van der Waals surface area contributed by atoms with Gasteiger partial charge in [0.15, 0.2) is 5.76 Å². The molecule has 0 aliphatic carbocycles. The molecule has 1 atom stereocenters. The zero-order chi connectivity index (χ0) is 20.9. The van der Waals surface area contributed by atoms with Crippen molar-refractivity contribution in [2.75, 3.05) is 31.6 Å². The fraction of sp³-hybridized carbons (Fsp3) is 0.318. The summed E-state index contributed by atoms with van der Waals surface area (Å²) in [5, 5.41) is 6.63. The number of ether oxygens (including phenoxy) is 2. The Hall–Kier alpha value is -3.39. The quantitative estimate of drug-likeness (QED) is 0.693. The number of aryl methyl sites for hydroxylation is 2. The number of urea groups is 1. The Balaban J connectivity index is 1.36. The number of anilines is 1. The number of amides is 2. The third-order valence-electron chi connectivity index (χ3n) is 4.77. The second-order valence-corrected chi connectivity index (χ2v) is 7.22. The maximum absolute atomic E-state index is 12.7. The van der Waals surface area contributed by atoms with Crippen molar-refractivity contribution in [1.82, 2.24) is 15.0 Å². The van der Waals surface area contributed by atoms with E-state index in [-0.39, 0.29) is 12.1 Å². The summed E-state index contributed by atoms with van der Waals surface area (Å²) < 4.78 is 17.0. The highest BCUT2D eigenvalue weighted by molar-refractivity contribution is 5.88. The molecule has 4 rings (SSSR count). The smallest absolute Gasteiger partial charge is 0.323 e. The van der Waals surface area contributed by atoms with Gasteiger partial charge in [-0.1, -0.05) is 17.3 Å². The average Bonchev–Trinajstić information content (AvgIpc) is 3.26. The van der Waals surface area contributed by atoms with Crippen LogP contribution in [0.2, 0.25) is 0 Å². The zero-order valence-electron chi connectivity index (χ0n) is 17.0. The molecule has 0 spiro atoms. The van der Waals surface area contributed by atoms with Crippen molar-refractivity contribution in [3.8, 4) is 17.1 Å². The standard InChI is InChI=1S/C22H24N4O4/c1-15-11-16(2)24-21(12-15)25-22(27)26-9-10-28-17(13-26)14-29-19-6-4-3-5-18(19)20-7-8-23-30-20/h3-8,11-12,17H,9-10,13-14H2,1-2H3,(H,24,25,27). The first kappa shape index (κ1) is 19.9. The van der Waals surface area contributed by atoms with Gasteiger partial charge in [0.25, 0.3) is 0 Å². The van der Waals surface area contributed by atoms with Crippen LogP contribution in [-0.2, 0) is 4.74 Å².